The van der Waals surface area contributed by atoms with Gasteiger partial charge in [-0.3, -0.25) is 4.79 Å². The molecule has 8 heteroatoms. The van der Waals surface area contributed by atoms with Crippen LogP contribution in [0, 0.1) is 11.8 Å². The van der Waals surface area contributed by atoms with Gasteiger partial charge in [0, 0.05) is 23.3 Å². The second kappa shape index (κ2) is 11.7. The molecule has 0 spiro atoms. The van der Waals surface area contributed by atoms with Crippen molar-refractivity contribution in [3.63, 3.8) is 0 Å². The topological polar surface area (TPSA) is 99.4 Å². The second-order valence-electron chi connectivity index (χ2n) is 10.3. The van der Waals surface area contributed by atoms with Gasteiger partial charge in [0.25, 0.3) is 0 Å². The fraction of sp³-hybridized carbons (Fsp3) is 0.667. The zero-order chi connectivity index (χ0) is 24.9. The molecule has 2 fully saturated rings. The summed E-state index contributed by atoms with van der Waals surface area (Å²) in [5.41, 5.74) is 2.64. The number of thiophene rings is 1. The summed E-state index contributed by atoms with van der Waals surface area (Å²) in [6, 6.07) is 1.86. The van der Waals surface area contributed by atoms with Crippen LogP contribution in [-0.4, -0.2) is 46.6 Å². The standard InChI is InChI=1S/C27H38N2O5S/c1-3-34-28-20-10-8-18(9-11-20)24-16-23(25(35-24)27(32)33)29(21-12-14-22(30)15-13-21)26(31)19-6-4-17(2)5-7-19/h8,16-17,19,21-22,30H,3-7,9-15H2,1-2H3,(H,32,33)/t17-,19-,21-,22-. The van der Waals surface area contributed by atoms with Crippen LogP contribution in [0.5, 0.6) is 0 Å². The van der Waals surface area contributed by atoms with Crippen molar-refractivity contribution < 1.29 is 24.6 Å². The third-order valence-electron chi connectivity index (χ3n) is 7.71. The highest BCUT2D eigenvalue weighted by molar-refractivity contribution is 7.15. The molecular formula is C27H38N2O5S. The van der Waals surface area contributed by atoms with Crippen molar-refractivity contribution in [2.24, 2.45) is 17.0 Å². The lowest BCUT2D eigenvalue weighted by atomic mass is 9.81. The summed E-state index contributed by atoms with van der Waals surface area (Å²) in [4.78, 5) is 34.4. The average molecular weight is 503 g/mol. The molecule has 35 heavy (non-hydrogen) atoms. The molecule has 0 unspecified atom stereocenters. The predicted octanol–water partition coefficient (Wildman–Crippen LogP) is 5.87. The molecule has 192 valence electrons. The third-order valence-corrected chi connectivity index (χ3v) is 8.89. The first kappa shape index (κ1) is 25.9. The van der Waals surface area contributed by atoms with Crippen LogP contribution < -0.4 is 4.90 Å². The van der Waals surface area contributed by atoms with E-state index >= 15 is 0 Å². The number of aliphatic hydroxyl groups excluding tert-OH is 1. The Morgan fingerprint density at radius 2 is 1.83 bits per heavy atom. The van der Waals surface area contributed by atoms with Gasteiger partial charge in [0.15, 0.2) is 0 Å². The minimum absolute atomic E-state index is 0.0609. The van der Waals surface area contributed by atoms with E-state index in [1.165, 1.54) is 11.3 Å². The second-order valence-corrected chi connectivity index (χ2v) is 11.3. The van der Waals surface area contributed by atoms with Crippen molar-refractivity contribution >= 4 is 40.2 Å². The van der Waals surface area contributed by atoms with Gasteiger partial charge in [-0.25, -0.2) is 4.79 Å². The molecule has 2 saturated carbocycles. The first-order chi connectivity index (χ1) is 16.9. The number of hydrogen-bond donors (Lipinski definition) is 2. The van der Waals surface area contributed by atoms with Gasteiger partial charge < -0.3 is 20.0 Å². The fourth-order valence-corrected chi connectivity index (χ4v) is 6.63. The van der Waals surface area contributed by atoms with E-state index in [0.29, 0.717) is 50.3 Å². The summed E-state index contributed by atoms with van der Waals surface area (Å²) in [5, 5.41) is 24.3. The number of anilines is 1. The number of allylic oxidation sites excluding steroid dienone is 2. The molecule has 1 aromatic heterocycles. The maximum atomic E-state index is 13.9. The lowest BCUT2D eigenvalue weighted by Gasteiger charge is -2.38. The maximum absolute atomic E-state index is 13.9. The van der Waals surface area contributed by atoms with Gasteiger partial charge in [0.2, 0.25) is 5.91 Å². The van der Waals surface area contributed by atoms with Crippen molar-refractivity contribution in [2.75, 3.05) is 11.5 Å². The molecule has 0 bridgehead atoms. The molecule has 0 saturated heterocycles. The Morgan fingerprint density at radius 3 is 2.43 bits per heavy atom. The van der Waals surface area contributed by atoms with Gasteiger partial charge in [-0.15, -0.1) is 11.3 Å². The summed E-state index contributed by atoms with van der Waals surface area (Å²) >= 11 is 1.27. The molecule has 0 atom stereocenters. The Hall–Kier alpha value is -2.19. The van der Waals surface area contributed by atoms with Crippen LogP contribution in [0.3, 0.4) is 0 Å². The van der Waals surface area contributed by atoms with E-state index in [2.05, 4.69) is 18.2 Å². The molecule has 2 N–H and O–H groups in total. The van der Waals surface area contributed by atoms with E-state index in [9.17, 15) is 19.8 Å². The van der Waals surface area contributed by atoms with E-state index in [1.54, 1.807) is 0 Å². The Balaban J connectivity index is 1.66. The summed E-state index contributed by atoms with van der Waals surface area (Å²) in [6.07, 6.45) is 10.5. The largest absolute Gasteiger partial charge is 0.477 e. The summed E-state index contributed by atoms with van der Waals surface area (Å²) < 4.78 is 0. The molecule has 3 aliphatic carbocycles. The van der Waals surface area contributed by atoms with E-state index in [-0.39, 0.29) is 28.8 Å². The predicted molar refractivity (Wildman–Crippen MR) is 139 cm³/mol. The molecule has 4 rings (SSSR count). The van der Waals surface area contributed by atoms with Crippen LogP contribution in [0.1, 0.15) is 99.0 Å². The van der Waals surface area contributed by atoms with Crippen molar-refractivity contribution in [2.45, 2.75) is 96.6 Å². The Labute approximate surface area is 211 Å². The van der Waals surface area contributed by atoms with E-state index in [0.717, 1.165) is 54.7 Å². The van der Waals surface area contributed by atoms with Crippen molar-refractivity contribution in [3.05, 3.63) is 21.9 Å². The number of carboxylic acid groups (broad SMARTS) is 1. The zero-order valence-electron chi connectivity index (χ0n) is 20.9. The summed E-state index contributed by atoms with van der Waals surface area (Å²) in [5.74, 6) is -0.352. The van der Waals surface area contributed by atoms with Crippen LogP contribution >= 0.6 is 11.3 Å². The molecule has 7 nitrogen and oxygen atoms in total. The zero-order valence-corrected chi connectivity index (χ0v) is 21.7. The minimum atomic E-state index is -0.989. The molecule has 1 aromatic rings. The molecular weight excluding hydrogens is 464 g/mol. The number of nitrogens with zero attached hydrogens (tertiary/aromatic N) is 2. The number of hydrogen-bond acceptors (Lipinski definition) is 6. The van der Waals surface area contributed by atoms with Crippen molar-refractivity contribution in [1.82, 2.24) is 0 Å². The van der Waals surface area contributed by atoms with Gasteiger partial charge in [-0.05, 0) is 88.7 Å². The van der Waals surface area contributed by atoms with Crippen LogP contribution in [0.15, 0.2) is 17.3 Å². The van der Waals surface area contributed by atoms with Gasteiger partial charge in [0.1, 0.15) is 11.5 Å². The highest BCUT2D eigenvalue weighted by atomic mass is 32.1. The number of aromatic carboxylic acids is 1. The summed E-state index contributed by atoms with van der Waals surface area (Å²) in [6.45, 7) is 4.68. The first-order valence-electron chi connectivity index (χ1n) is 13.1. The molecule has 0 aromatic carbocycles. The number of carboxylic acids is 1. The van der Waals surface area contributed by atoms with E-state index in [4.69, 9.17) is 4.84 Å². The van der Waals surface area contributed by atoms with E-state index < -0.39 is 5.97 Å². The third kappa shape index (κ3) is 6.15. The quantitative estimate of drug-likeness (QED) is 0.454. The maximum Gasteiger partial charge on any atom is 0.348 e. The van der Waals surface area contributed by atoms with Crippen molar-refractivity contribution in [1.29, 1.82) is 0 Å². The number of carbonyl (C=O) groups excluding carboxylic acids is 1. The van der Waals surface area contributed by atoms with Gasteiger partial charge in [0.05, 0.1) is 17.5 Å². The number of oxime groups is 1. The minimum Gasteiger partial charge on any atom is -0.477 e. The Bertz CT molecular complexity index is 968. The normalized spacial score (nSPS) is 28.4. The van der Waals surface area contributed by atoms with Gasteiger partial charge in [-0.2, -0.15) is 0 Å². The number of rotatable bonds is 7. The molecule has 0 radical (unpaired) electrons. The van der Waals surface area contributed by atoms with Crippen LogP contribution in [0.2, 0.25) is 0 Å². The van der Waals surface area contributed by atoms with Gasteiger partial charge in [-0.1, -0.05) is 18.2 Å². The van der Waals surface area contributed by atoms with Crippen LogP contribution in [0.4, 0.5) is 5.69 Å². The molecule has 1 heterocycles. The van der Waals surface area contributed by atoms with Crippen molar-refractivity contribution in [3.8, 4) is 0 Å². The Morgan fingerprint density at radius 1 is 1.11 bits per heavy atom. The monoisotopic (exact) mass is 502 g/mol. The van der Waals surface area contributed by atoms with Crippen LogP contribution in [0.25, 0.3) is 5.57 Å². The highest BCUT2D eigenvalue weighted by Gasteiger charge is 2.37. The number of carbonyl (C=O) groups is 2. The lowest BCUT2D eigenvalue weighted by molar-refractivity contribution is -0.124. The van der Waals surface area contributed by atoms with Gasteiger partial charge >= 0.3 is 5.97 Å². The molecule has 1 amide bonds. The van der Waals surface area contributed by atoms with Crippen LogP contribution in [-0.2, 0) is 9.63 Å². The fourth-order valence-electron chi connectivity index (χ4n) is 5.57. The SMILES string of the molecule is CCON=C1CC=C(c2cc(N(C(=O)[C@H]3CC[C@H](C)CC3)[C@H]3CC[C@H](O)CC3)c(C(=O)O)s2)CC1. The summed E-state index contributed by atoms with van der Waals surface area (Å²) in [7, 11) is 0. The average Bonchev–Trinajstić information content (AvgIpc) is 3.30. The highest BCUT2D eigenvalue weighted by Crippen LogP contribution is 2.42. The first-order valence-corrected chi connectivity index (χ1v) is 13.9. The van der Waals surface area contributed by atoms with E-state index in [1.807, 2.05) is 17.9 Å². The lowest BCUT2D eigenvalue weighted by Crippen LogP contribution is -2.47. The Kier molecular flexibility index (Phi) is 8.65. The number of amides is 1. The molecule has 0 aliphatic heterocycles. The smallest absolute Gasteiger partial charge is 0.348 e. The number of aliphatic hydroxyl groups is 1. The molecule has 3 aliphatic rings.